The number of halogens is 1. The minimum atomic E-state index is -0.338. The first kappa shape index (κ1) is 13.4. The number of carbonyl (C=O) groups excluding carboxylic acids is 1. The summed E-state index contributed by atoms with van der Waals surface area (Å²) in [4.78, 5) is 12.2. The largest absolute Gasteiger partial charge is 0.349 e. The fourth-order valence-corrected chi connectivity index (χ4v) is 2.68. The minimum Gasteiger partial charge on any atom is -0.349 e. The molecule has 1 aromatic carbocycles. The molecule has 1 atom stereocenters. The molecule has 4 heteroatoms. The van der Waals surface area contributed by atoms with Crippen LogP contribution in [0.25, 0.3) is 0 Å². The molecular formula is C14H19ClN2O. The summed E-state index contributed by atoms with van der Waals surface area (Å²) in [7, 11) is 0. The van der Waals surface area contributed by atoms with Crippen molar-refractivity contribution in [1.29, 1.82) is 0 Å². The van der Waals surface area contributed by atoms with Gasteiger partial charge in [-0.25, -0.2) is 0 Å². The summed E-state index contributed by atoms with van der Waals surface area (Å²) >= 11 is 6.12. The molecular weight excluding hydrogens is 248 g/mol. The topological polar surface area (TPSA) is 55.1 Å². The zero-order chi connectivity index (χ0) is 13.2. The third-order valence-corrected chi connectivity index (χ3v) is 4.25. The quantitative estimate of drug-likeness (QED) is 0.880. The van der Waals surface area contributed by atoms with Gasteiger partial charge in [-0.2, -0.15) is 0 Å². The van der Waals surface area contributed by atoms with Gasteiger partial charge in [0.25, 0.3) is 0 Å². The van der Waals surface area contributed by atoms with Gasteiger partial charge in [-0.05, 0) is 31.4 Å². The Morgan fingerprint density at radius 3 is 2.67 bits per heavy atom. The van der Waals surface area contributed by atoms with Crippen LogP contribution >= 0.6 is 11.6 Å². The molecule has 2 rings (SSSR count). The molecule has 0 saturated heterocycles. The second-order valence-corrected chi connectivity index (χ2v) is 5.46. The second kappa shape index (κ2) is 5.29. The van der Waals surface area contributed by atoms with Gasteiger partial charge in [0.2, 0.25) is 5.91 Å². The van der Waals surface area contributed by atoms with Crippen LogP contribution in [0.2, 0.25) is 5.02 Å². The lowest BCUT2D eigenvalue weighted by Crippen LogP contribution is -2.50. The Labute approximate surface area is 113 Å². The van der Waals surface area contributed by atoms with E-state index in [0.717, 1.165) is 24.8 Å². The Bertz CT molecular complexity index is 438. The molecule has 98 valence electrons. The van der Waals surface area contributed by atoms with Gasteiger partial charge in [0, 0.05) is 11.6 Å². The second-order valence-electron chi connectivity index (χ2n) is 5.05. The molecule has 0 radical (unpaired) electrons. The van der Waals surface area contributed by atoms with E-state index >= 15 is 0 Å². The van der Waals surface area contributed by atoms with Gasteiger partial charge in [0.1, 0.15) is 0 Å². The first-order valence-corrected chi connectivity index (χ1v) is 6.72. The zero-order valence-electron chi connectivity index (χ0n) is 10.6. The van der Waals surface area contributed by atoms with Crippen molar-refractivity contribution >= 4 is 17.5 Å². The van der Waals surface area contributed by atoms with E-state index < -0.39 is 0 Å². The van der Waals surface area contributed by atoms with Gasteiger partial charge in [-0.1, -0.05) is 36.2 Å². The van der Waals surface area contributed by atoms with Crippen LogP contribution in [0.5, 0.6) is 0 Å². The predicted octanol–water partition coefficient (Wildman–Crippen LogP) is 2.65. The fourth-order valence-electron chi connectivity index (χ4n) is 2.38. The Morgan fingerprint density at radius 2 is 2.17 bits per heavy atom. The first-order chi connectivity index (χ1) is 8.59. The lowest BCUT2D eigenvalue weighted by molar-refractivity contribution is -0.135. The van der Waals surface area contributed by atoms with Crippen LogP contribution in [0.4, 0.5) is 0 Å². The average molecular weight is 267 g/mol. The Hall–Kier alpha value is -1.06. The lowest BCUT2D eigenvalue weighted by Gasteiger charge is -2.39. The molecule has 0 spiro atoms. The van der Waals surface area contributed by atoms with E-state index in [2.05, 4.69) is 5.32 Å². The average Bonchev–Trinajstić information content (AvgIpc) is 2.28. The number of benzene rings is 1. The van der Waals surface area contributed by atoms with Gasteiger partial charge < -0.3 is 11.1 Å². The molecule has 0 unspecified atom stereocenters. The lowest BCUT2D eigenvalue weighted by atomic mass is 9.68. The normalized spacial score (nSPS) is 18.8. The monoisotopic (exact) mass is 266 g/mol. The summed E-state index contributed by atoms with van der Waals surface area (Å²) in [6, 6.07) is 7.49. The van der Waals surface area contributed by atoms with E-state index in [1.54, 1.807) is 0 Å². The molecule has 1 aromatic rings. The standard InChI is InChI=1S/C14H19ClN2O/c1-10(11-5-2-3-6-12(11)15)17-13(18)14(9-16)7-4-8-14/h2-3,5-6,10H,4,7-9,16H2,1H3,(H,17,18)/t10-/m1/s1. The van der Waals surface area contributed by atoms with Crippen molar-refractivity contribution in [3.05, 3.63) is 34.9 Å². The molecule has 1 aliphatic rings. The molecule has 1 saturated carbocycles. The van der Waals surface area contributed by atoms with Crippen molar-refractivity contribution in [2.45, 2.75) is 32.2 Å². The van der Waals surface area contributed by atoms with Gasteiger partial charge in [-0.3, -0.25) is 4.79 Å². The molecule has 1 aliphatic carbocycles. The number of carbonyl (C=O) groups is 1. The number of nitrogens with two attached hydrogens (primary N) is 1. The molecule has 1 fully saturated rings. The molecule has 0 aliphatic heterocycles. The highest BCUT2D eigenvalue weighted by molar-refractivity contribution is 6.31. The van der Waals surface area contributed by atoms with Crippen molar-refractivity contribution in [1.82, 2.24) is 5.32 Å². The van der Waals surface area contributed by atoms with Crippen LogP contribution in [0, 0.1) is 5.41 Å². The third-order valence-electron chi connectivity index (χ3n) is 3.90. The Kier molecular flexibility index (Phi) is 3.93. The van der Waals surface area contributed by atoms with Crippen LogP contribution in [0.1, 0.15) is 37.8 Å². The summed E-state index contributed by atoms with van der Waals surface area (Å²) in [6.07, 6.45) is 2.88. The number of nitrogens with one attached hydrogen (secondary N) is 1. The highest BCUT2D eigenvalue weighted by Gasteiger charge is 2.43. The number of rotatable bonds is 4. The first-order valence-electron chi connectivity index (χ1n) is 6.34. The van der Waals surface area contributed by atoms with E-state index in [9.17, 15) is 4.79 Å². The van der Waals surface area contributed by atoms with Crippen LogP contribution in [-0.4, -0.2) is 12.5 Å². The highest BCUT2D eigenvalue weighted by Crippen LogP contribution is 2.40. The van der Waals surface area contributed by atoms with Gasteiger partial charge in [-0.15, -0.1) is 0 Å². The molecule has 18 heavy (non-hydrogen) atoms. The van der Waals surface area contributed by atoms with Gasteiger partial charge in [0.05, 0.1) is 11.5 Å². The molecule has 1 amide bonds. The summed E-state index contributed by atoms with van der Waals surface area (Å²) in [6.45, 7) is 2.37. The van der Waals surface area contributed by atoms with Crippen molar-refractivity contribution < 1.29 is 4.79 Å². The summed E-state index contributed by atoms with van der Waals surface area (Å²) < 4.78 is 0. The zero-order valence-corrected chi connectivity index (χ0v) is 11.3. The van der Waals surface area contributed by atoms with E-state index in [1.165, 1.54) is 0 Å². The van der Waals surface area contributed by atoms with Gasteiger partial charge in [0.15, 0.2) is 0 Å². The van der Waals surface area contributed by atoms with Crippen molar-refractivity contribution in [3.8, 4) is 0 Å². The van der Waals surface area contributed by atoms with E-state index in [1.807, 2.05) is 31.2 Å². The third kappa shape index (κ3) is 2.38. The number of amides is 1. The summed E-state index contributed by atoms with van der Waals surface area (Å²) in [5.74, 6) is 0.0590. The van der Waals surface area contributed by atoms with Crippen molar-refractivity contribution in [2.24, 2.45) is 11.1 Å². The molecule has 0 heterocycles. The van der Waals surface area contributed by atoms with Gasteiger partial charge >= 0.3 is 0 Å². The molecule has 3 nitrogen and oxygen atoms in total. The van der Waals surface area contributed by atoms with E-state index in [-0.39, 0.29) is 17.4 Å². The van der Waals surface area contributed by atoms with Crippen LogP contribution in [-0.2, 0) is 4.79 Å². The maximum atomic E-state index is 12.2. The Balaban J connectivity index is 2.06. The molecule has 0 bridgehead atoms. The number of hydrogen-bond donors (Lipinski definition) is 2. The summed E-state index contributed by atoms with van der Waals surface area (Å²) in [5.41, 5.74) is 6.33. The molecule has 3 N–H and O–H groups in total. The van der Waals surface area contributed by atoms with Crippen LogP contribution in [0.3, 0.4) is 0 Å². The highest BCUT2D eigenvalue weighted by atomic mass is 35.5. The maximum absolute atomic E-state index is 12.2. The smallest absolute Gasteiger partial charge is 0.227 e. The van der Waals surface area contributed by atoms with E-state index in [4.69, 9.17) is 17.3 Å². The maximum Gasteiger partial charge on any atom is 0.227 e. The van der Waals surface area contributed by atoms with Crippen molar-refractivity contribution in [3.63, 3.8) is 0 Å². The number of hydrogen-bond acceptors (Lipinski definition) is 2. The SMILES string of the molecule is C[C@@H](NC(=O)C1(CN)CCC1)c1ccccc1Cl. The predicted molar refractivity (Wildman–Crippen MR) is 73.3 cm³/mol. The summed E-state index contributed by atoms with van der Waals surface area (Å²) in [5, 5.41) is 3.71. The fraction of sp³-hybridized carbons (Fsp3) is 0.500. The molecule has 0 aromatic heterocycles. The van der Waals surface area contributed by atoms with Crippen LogP contribution < -0.4 is 11.1 Å². The van der Waals surface area contributed by atoms with Crippen molar-refractivity contribution in [2.75, 3.05) is 6.54 Å². The Morgan fingerprint density at radius 1 is 1.50 bits per heavy atom. The van der Waals surface area contributed by atoms with E-state index in [0.29, 0.717) is 11.6 Å². The van der Waals surface area contributed by atoms with Crippen LogP contribution in [0.15, 0.2) is 24.3 Å². The minimum absolute atomic E-state index is 0.0590.